The van der Waals surface area contributed by atoms with Crippen LogP contribution in [0.1, 0.15) is 18.4 Å². The van der Waals surface area contributed by atoms with Crippen molar-refractivity contribution in [3.8, 4) is 5.75 Å². The highest BCUT2D eigenvalue weighted by atomic mass is 127. The van der Waals surface area contributed by atoms with Gasteiger partial charge in [-0.05, 0) is 37.0 Å². The summed E-state index contributed by atoms with van der Waals surface area (Å²) < 4.78 is 16.3. The number of halogens is 1. The van der Waals surface area contributed by atoms with Crippen LogP contribution in [0.3, 0.4) is 0 Å². The Morgan fingerprint density at radius 2 is 1.97 bits per heavy atom. The topological polar surface area (TPSA) is 84.4 Å². The molecule has 0 radical (unpaired) electrons. The van der Waals surface area contributed by atoms with Crippen molar-refractivity contribution in [1.29, 1.82) is 0 Å². The highest BCUT2D eigenvalue weighted by Crippen LogP contribution is 2.12. The van der Waals surface area contributed by atoms with E-state index >= 15 is 0 Å². The molecular formula is C22H37IN4O4. The summed E-state index contributed by atoms with van der Waals surface area (Å²) in [6.45, 7) is 4.68. The van der Waals surface area contributed by atoms with Crippen LogP contribution >= 0.6 is 24.0 Å². The molecule has 31 heavy (non-hydrogen) atoms. The zero-order valence-corrected chi connectivity index (χ0v) is 21.2. The second kappa shape index (κ2) is 16.1. The van der Waals surface area contributed by atoms with Crippen LogP contribution in [-0.4, -0.2) is 84.0 Å². The summed E-state index contributed by atoms with van der Waals surface area (Å²) in [7, 11) is 5.12. The van der Waals surface area contributed by atoms with Gasteiger partial charge in [0, 0.05) is 46.3 Å². The van der Waals surface area contributed by atoms with E-state index in [2.05, 4.69) is 15.6 Å². The summed E-state index contributed by atoms with van der Waals surface area (Å²) in [4.78, 5) is 17.8. The summed E-state index contributed by atoms with van der Waals surface area (Å²) in [5.74, 6) is 1.99. The van der Waals surface area contributed by atoms with E-state index in [1.54, 1.807) is 26.1 Å². The molecular weight excluding hydrogens is 511 g/mol. The number of nitrogens with one attached hydrogen (secondary N) is 2. The summed E-state index contributed by atoms with van der Waals surface area (Å²) in [5.41, 5.74) is 1.20. The quantitative estimate of drug-likeness (QED) is 0.180. The smallest absolute Gasteiger partial charge is 0.243 e. The fourth-order valence-corrected chi connectivity index (χ4v) is 2.93. The van der Waals surface area contributed by atoms with Gasteiger partial charge >= 0.3 is 0 Å². The maximum atomic E-state index is 11.9. The molecule has 0 aromatic heterocycles. The SMILES string of the molecule is COc1ccc(CCNC(=NCC(=O)N(C)C)NCCCOCC2CCOC2)cc1.I. The fourth-order valence-electron chi connectivity index (χ4n) is 2.93. The first-order chi connectivity index (χ1) is 14.6. The number of benzene rings is 1. The second-order valence-electron chi connectivity index (χ2n) is 7.56. The van der Waals surface area contributed by atoms with Crippen molar-refractivity contribution in [3.05, 3.63) is 29.8 Å². The third-order valence-electron chi connectivity index (χ3n) is 4.87. The molecule has 176 valence electrons. The Hall–Kier alpha value is -1.59. The predicted molar refractivity (Wildman–Crippen MR) is 133 cm³/mol. The van der Waals surface area contributed by atoms with Crippen LogP contribution in [0.25, 0.3) is 0 Å². The molecule has 1 aliphatic rings. The predicted octanol–water partition coefficient (Wildman–Crippen LogP) is 1.92. The number of likely N-dealkylation sites (N-methyl/N-ethyl adjacent to an activating group) is 1. The number of hydrogen-bond acceptors (Lipinski definition) is 5. The molecule has 1 aromatic carbocycles. The van der Waals surface area contributed by atoms with E-state index in [-0.39, 0.29) is 36.4 Å². The lowest BCUT2D eigenvalue weighted by molar-refractivity contribution is -0.127. The Morgan fingerprint density at radius 1 is 1.23 bits per heavy atom. The molecule has 0 spiro atoms. The monoisotopic (exact) mass is 548 g/mol. The summed E-state index contributed by atoms with van der Waals surface area (Å²) in [6, 6.07) is 8.01. The van der Waals surface area contributed by atoms with Crippen molar-refractivity contribution in [2.75, 3.05) is 67.3 Å². The maximum absolute atomic E-state index is 11.9. The van der Waals surface area contributed by atoms with E-state index < -0.39 is 0 Å². The van der Waals surface area contributed by atoms with E-state index in [0.717, 1.165) is 51.4 Å². The number of hydrogen-bond donors (Lipinski definition) is 2. The largest absolute Gasteiger partial charge is 0.497 e. The van der Waals surface area contributed by atoms with Gasteiger partial charge in [0.2, 0.25) is 5.91 Å². The zero-order valence-electron chi connectivity index (χ0n) is 18.9. The Kier molecular flexibility index (Phi) is 14.3. The van der Waals surface area contributed by atoms with E-state index in [9.17, 15) is 4.79 Å². The number of methoxy groups -OCH3 is 1. The van der Waals surface area contributed by atoms with Gasteiger partial charge in [-0.1, -0.05) is 12.1 Å². The fraction of sp³-hybridized carbons (Fsp3) is 0.636. The maximum Gasteiger partial charge on any atom is 0.243 e. The van der Waals surface area contributed by atoms with E-state index in [1.807, 2.05) is 24.3 Å². The Labute approximate surface area is 203 Å². The molecule has 2 N–H and O–H groups in total. The first kappa shape index (κ1) is 27.4. The third kappa shape index (κ3) is 11.6. The molecule has 1 atom stereocenters. The Bertz CT molecular complexity index is 649. The molecule has 1 amide bonds. The lowest BCUT2D eigenvalue weighted by atomic mass is 10.1. The van der Waals surface area contributed by atoms with Gasteiger partial charge in [-0.2, -0.15) is 0 Å². The third-order valence-corrected chi connectivity index (χ3v) is 4.87. The first-order valence-electron chi connectivity index (χ1n) is 10.6. The van der Waals surface area contributed by atoms with Crippen molar-refractivity contribution in [1.82, 2.24) is 15.5 Å². The number of guanidine groups is 1. The molecule has 0 saturated carbocycles. The molecule has 1 aliphatic heterocycles. The van der Waals surface area contributed by atoms with Crippen LogP contribution in [0.2, 0.25) is 0 Å². The van der Waals surface area contributed by atoms with Gasteiger partial charge in [0.1, 0.15) is 12.3 Å². The second-order valence-corrected chi connectivity index (χ2v) is 7.56. The number of rotatable bonds is 12. The van der Waals surface area contributed by atoms with Crippen molar-refractivity contribution < 1.29 is 19.0 Å². The standard InChI is InChI=1S/C22H36N4O4.HI/c1-26(2)21(27)15-25-22(23-11-4-13-29-16-19-10-14-30-17-19)24-12-9-18-5-7-20(28-3)8-6-18;/h5-8,19H,4,9-17H2,1-3H3,(H2,23,24,25);1H. The van der Waals surface area contributed by atoms with Gasteiger partial charge in [0.15, 0.2) is 5.96 Å². The van der Waals surface area contributed by atoms with Crippen molar-refractivity contribution in [3.63, 3.8) is 0 Å². The molecule has 2 rings (SSSR count). The minimum Gasteiger partial charge on any atom is -0.497 e. The van der Waals surface area contributed by atoms with Crippen LogP contribution in [0.15, 0.2) is 29.3 Å². The van der Waals surface area contributed by atoms with Crippen molar-refractivity contribution in [2.45, 2.75) is 19.3 Å². The average molecular weight is 548 g/mol. The molecule has 1 aromatic rings. The summed E-state index contributed by atoms with van der Waals surface area (Å²) in [6.07, 6.45) is 2.81. The number of amides is 1. The van der Waals surface area contributed by atoms with E-state index in [1.165, 1.54) is 5.56 Å². The molecule has 0 aliphatic carbocycles. The number of carbonyl (C=O) groups is 1. The van der Waals surface area contributed by atoms with Gasteiger partial charge < -0.3 is 29.7 Å². The van der Waals surface area contributed by atoms with E-state index in [0.29, 0.717) is 25.0 Å². The van der Waals surface area contributed by atoms with Crippen LogP contribution in [0.4, 0.5) is 0 Å². The summed E-state index contributed by atoms with van der Waals surface area (Å²) >= 11 is 0. The molecule has 9 heteroatoms. The minimum atomic E-state index is -0.0339. The van der Waals surface area contributed by atoms with Crippen LogP contribution in [0.5, 0.6) is 5.75 Å². The van der Waals surface area contributed by atoms with Gasteiger partial charge in [-0.15, -0.1) is 24.0 Å². The molecule has 0 bridgehead atoms. The minimum absolute atomic E-state index is 0. The highest BCUT2D eigenvalue weighted by molar-refractivity contribution is 14.0. The van der Waals surface area contributed by atoms with E-state index in [4.69, 9.17) is 14.2 Å². The van der Waals surface area contributed by atoms with Crippen molar-refractivity contribution in [2.24, 2.45) is 10.9 Å². The molecule has 1 heterocycles. The van der Waals surface area contributed by atoms with Gasteiger partial charge in [-0.25, -0.2) is 4.99 Å². The number of ether oxygens (including phenoxy) is 3. The lowest BCUT2D eigenvalue weighted by Gasteiger charge is -2.14. The van der Waals surface area contributed by atoms with Gasteiger partial charge in [0.05, 0.1) is 20.3 Å². The first-order valence-corrected chi connectivity index (χ1v) is 10.6. The summed E-state index contributed by atoms with van der Waals surface area (Å²) in [5, 5.41) is 6.60. The average Bonchev–Trinajstić information content (AvgIpc) is 3.27. The zero-order chi connectivity index (χ0) is 21.6. The lowest BCUT2D eigenvalue weighted by Crippen LogP contribution is -2.40. The Balaban J connectivity index is 0.00000480. The molecule has 1 fully saturated rings. The molecule has 1 saturated heterocycles. The number of aliphatic imine (C=N–C) groups is 1. The van der Waals surface area contributed by atoms with Crippen molar-refractivity contribution >= 4 is 35.8 Å². The highest BCUT2D eigenvalue weighted by Gasteiger charge is 2.15. The van der Waals surface area contributed by atoms with Gasteiger partial charge in [0.25, 0.3) is 0 Å². The molecule has 8 nitrogen and oxygen atoms in total. The van der Waals surface area contributed by atoms with Crippen LogP contribution in [0, 0.1) is 5.92 Å². The molecule has 1 unspecified atom stereocenters. The number of carbonyl (C=O) groups excluding carboxylic acids is 1. The van der Waals surface area contributed by atoms with Crippen LogP contribution in [-0.2, 0) is 20.7 Å². The van der Waals surface area contributed by atoms with Crippen LogP contribution < -0.4 is 15.4 Å². The van der Waals surface area contributed by atoms with Gasteiger partial charge in [-0.3, -0.25) is 4.79 Å². The Morgan fingerprint density at radius 3 is 2.61 bits per heavy atom. The normalized spacial score (nSPS) is 15.8. The number of nitrogens with zero attached hydrogens (tertiary/aromatic N) is 2.